The number of fused-ring (bicyclic) bond motifs is 1. The van der Waals surface area contributed by atoms with Crippen molar-refractivity contribution in [3.63, 3.8) is 0 Å². The summed E-state index contributed by atoms with van der Waals surface area (Å²) < 4.78 is 2.20. The topological polar surface area (TPSA) is 62.2 Å². The minimum atomic E-state index is -0.154. The molecule has 3 aromatic carbocycles. The minimum absolute atomic E-state index is 0.0525. The molecule has 194 valence electrons. The molecule has 1 amide bonds. The summed E-state index contributed by atoms with van der Waals surface area (Å²) in [5.41, 5.74) is 5.08. The number of pyridine rings is 1. The van der Waals surface area contributed by atoms with Crippen molar-refractivity contribution in [2.24, 2.45) is 0 Å². The molecule has 2 N–H and O–H groups in total. The van der Waals surface area contributed by atoms with Gasteiger partial charge in [-0.1, -0.05) is 54.6 Å². The lowest BCUT2D eigenvalue weighted by atomic mass is 10.0. The van der Waals surface area contributed by atoms with Crippen molar-refractivity contribution in [1.82, 2.24) is 19.8 Å². The largest absolute Gasteiger partial charge is 0.352 e. The molecule has 39 heavy (non-hydrogen) atoms. The second-order valence-corrected chi connectivity index (χ2v) is 10.2. The number of nitrogens with zero attached hydrogens (tertiary/aromatic N) is 3. The Kier molecular flexibility index (Phi) is 6.82. The Hall–Kier alpha value is -4.49. The zero-order valence-corrected chi connectivity index (χ0v) is 22.4. The van der Waals surface area contributed by atoms with Gasteiger partial charge in [-0.3, -0.25) is 9.78 Å². The molecule has 3 heterocycles. The molecule has 1 saturated heterocycles. The molecule has 0 aliphatic carbocycles. The van der Waals surface area contributed by atoms with Crippen LogP contribution < -0.4 is 10.6 Å². The molecule has 6 rings (SSSR count). The van der Waals surface area contributed by atoms with Crippen LogP contribution in [0.5, 0.6) is 0 Å². The normalized spacial score (nSPS) is 16.8. The number of thiocarbonyl (C=S) groups is 1. The van der Waals surface area contributed by atoms with Crippen molar-refractivity contribution in [2.75, 3.05) is 11.9 Å². The summed E-state index contributed by atoms with van der Waals surface area (Å²) >= 11 is 5.84. The lowest BCUT2D eigenvalue weighted by molar-refractivity contribution is -0.116. The molecular weight excluding hydrogens is 502 g/mol. The molecule has 1 aliphatic rings. The van der Waals surface area contributed by atoms with Crippen molar-refractivity contribution < 1.29 is 4.79 Å². The van der Waals surface area contributed by atoms with Crippen molar-refractivity contribution in [3.8, 4) is 5.69 Å². The van der Waals surface area contributed by atoms with E-state index in [1.807, 2.05) is 60.7 Å². The monoisotopic (exact) mass is 531 g/mol. The highest BCUT2D eigenvalue weighted by molar-refractivity contribution is 7.80. The summed E-state index contributed by atoms with van der Waals surface area (Å²) in [5, 5.41) is 9.34. The maximum absolute atomic E-state index is 13.2. The summed E-state index contributed by atoms with van der Waals surface area (Å²) in [5.74, 6) is -0.0525. The van der Waals surface area contributed by atoms with Gasteiger partial charge in [0.25, 0.3) is 0 Å². The quantitative estimate of drug-likeness (QED) is 0.240. The second-order valence-electron chi connectivity index (χ2n) is 9.79. The van der Waals surface area contributed by atoms with E-state index in [2.05, 4.69) is 74.6 Å². The molecule has 2 atom stereocenters. The highest BCUT2D eigenvalue weighted by Crippen LogP contribution is 2.39. The third kappa shape index (κ3) is 5.01. The number of nitrogens with one attached hydrogen (secondary N) is 2. The summed E-state index contributed by atoms with van der Waals surface area (Å²) in [4.78, 5) is 19.9. The van der Waals surface area contributed by atoms with E-state index in [1.54, 1.807) is 6.20 Å². The molecule has 1 fully saturated rings. The van der Waals surface area contributed by atoms with Gasteiger partial charge in [0.1, 0.15) is 0 Å². The Morgan fingerprint density at radius 2 is 1.79 bits per heavy atom. The van der Waals surface area contributed by atoms with Gasteiger partial charge in [-0.25, -0.2) is 0 Å². The van der Waals surface area contributed by atoms with E-state index in [0.717, 1.165) is 33.5 Å². The molecule has 2 aromatic heterocycles. The van der Waals surface area contributed by atoms with Gasteiger partial charge in [0, 0.05) is 47.8 Å². The number of amides is 1. The van der Waals surface area contributed by atoms with Crippen LogP contribution in [-0.2, 0) is 4.79 Å². The van der Waals surface area contributed by atoms with Gasteiger partial charge in [-0.05, 0) is 72.6 Å². The standard InChI is InChI=1S/C32H29N5OS/c1-22-9-6-12-24(21-22)36-19-8-16-28(36)31-30(27-14-4-5-18-33-27)35-32(39)37(31)20-17-29(38)34-26-15-7-11-23-10-2-3-13-25(23)26/h2-16,18-19,21,30-31H,17,20H2,1H3,(H,34,38)(H,35,39)/t30-,31-/m0/s1. The van der Waals surface area contributed by atoms with Gasteiger partial charge >= 0.3 is 0 Å². The average Bonchev–Trinajstić information content (AvgIpc) is 3.57. The highest BCUT2D eigenvalue weighted by Gasteiger charge is 2.41. The first kappa shape index (κ1) is 24.8. The third-order valence-electron chi connectivity index (χ3n) is 7.20. The number of carbonyl (C=O) groups is 1. The lowest BCUT2D eigenvalue weighted by Gasteiger charge is -2.29. The van der Waals surface area contributed by atoms with Crippen molar-refractivity contribution in [1.29, 1.82) is 0 Å². The first-order valence-electron chi connectivity index (χ1n) is 13.1. The number of rotatable bonds is 7. The van der Waals surface area contributed by atoms with Crippen LogP contribution in [0.3, 0.4) is 0 Å². The molecule has 5 aromatic rings. The molecule has 0 radical (unpaired) electrons. The Morgan fingerprint density at radius 1 is 0.974 bits per heavy atom. The SMILES string of the molecule is Cc1cccc(-n2cccc2[C@H]2[C@H](c3ccccn3)NC(=S)N2CCC(=O)Nc2cccc3ccccc23)c1. The summed E-state index contributed by atoms with van der Waals surface area (Å²) in [7, 11) is 0. The predicted molar refractivity (Wildman–Crippen MR) is 160 cm³/mol. The zero-order chi connectivity index (χ0) is 26.8. The van der Waals surface area contributed by atoms with Gasteiger partial charge in [0.15, 0.2) is 5.11 Å². The predicted octanol–water partition coefficient (Wildman–Crippen LogP) is 6.34. The molecule has 0 spiro atoms. The molecule has 7 heteroatoms. The van der Waals surface area contributed by atoms with Crippen LogP contribution in [0.2, 0.25) is 0 Å². The zero-order valence-electron chi connectivity index (χ0n) is 21.6. The van der Waals surface area contributed by atoms with Crippen LogP contribution in [0.25, 0.3) is 16.5 Å². The van der Waals surface area contributed by atoms with E-state index in [-0.39, 0.29) is 18.0 Å². The Morgan fingerprint density at radius 3 is 2.64 bits per heavy atom. The summed E-state index contributed by atoms with van der Waals surface area (Å²) in [6.07, 6.45) is 4.17. The molecule has 1 aliphatic heterocycles. The molecule has 0 saturated carbocycles. The fraction of sp³-hybridized carbons (Fsp3) is 0.156. The maximum atomic E-state index is 13.2. The van der Waals surface area contributed by atoms with Crippen LogP contribution >= 0.6 is 12.2 Å². The lowest BCUT2D eigenvalue weighted by Crippen LogP contribution is -2.33. The average molecular weight is 532 g/mol. The number of anilines is 1. The number of benzene rings is 3. The number of aromatic nitrogens is 2. The smallest absolute Gasteiger partial charge is 0.226 e. The van der Waals surface area contributed by atoms with Crippen LogP contribution in [-0.4, -0.2) is 32.0 Å². The summed E-state index contributed by atoms with van der Waals surface area (Å²) in [6.45, 7) is 2.56. The van der Waals surface area contributed by atoms with Crippen LogP contribution in [0.1, 0.15) is 35.5 Å². The van der Waals surface area contributed by atoms with Gasteiger partial charge in [0.05, 0.1) is 17.8 Å². The van der Waals surface area contributed by atoms with Crippen molar-refractivity contribution >= 4 is 39.7 Å². The summed E-state index contributed by atoms with van der Waals surface area (Å²) in [6, 6.07) is 32.2. The molecule has 0 unspecified atom stereocenters. The maximum Gasteiger partial charge on any atom is 0.226 e. The van der Waals surface area contributed by atoms with E-state index in [9.17, 15) is 4.79 Å². The number of carbonyl (C=O) groups excluding carboxylic acids is 1. The fourth-order valence-electron chi connectivity index (χ4n) is 5.39. The van der Waals surface area contributed by atoms with E-state index in [4.69, 9.17) is 12.2 Å². The van der Waals surface area contributed by atoms with Crippen molar-refractivity contribution in [2.45, 2.75) is 25.4 Å². The van der Waals surface area contributed by atoms with Crippen LogP contribution in [0.15, 0.2) is 109 Å². The third-order valence-corrected chi connectivity index (χ3v) is 7.56. The first-order chi connectivity index (χ1) is 19.1. The Bertz CT molecular complexity index is 1640. The van der Waals surface area contributed by atoms with Crippen molar-refractivity contribution in [3.05, 3.63) is 126 Å². The van der Waals surface area contributed by atoms with E-state index < -0.39 is 0 Å². The van der Waals surface area contributed by atoms with E-state index >= 15 is 0 Å². The Labute approximate surface area is 233 Å². The number of hydrogen-bond acceptors (Lipinski definition) is 3. The number of aryl methyl sites for hydroxylation is 1. The van der Waals surface area contributed by atoms with Gasteiger partial charge in [-0.15, -0.1) is 0 Å². The van der Waals surface area contributed by atoms with Gasteiger partial charge < -0.3 is 20.1 Å². The first-order valence-corrected chi connectivity index (χ1v) is 13.5. The molecule has 0 bridgehead atoms. The van der Waals surface area contributed by atoms with Crippen LogP contribution in [0, 0.1) is 6.92 Å². The molecule has 6 nitrogen and oxygen atoms in total. The Balaban J connectivity index is 1.29. The van der Waals surface area contributed by atoms with E-state index in [1.165, 1.54) is 5.56 Å². The second kappa shape index (κ2) is 10.7. The van der Waals surface area contributed by atoms with Crippen LogP contribution in [0.4, 0.5) is 5.69 Å². The fourth-order valence-corrected chi connectivity index (χ4v) is 5.72. The number of hydrogen-bond donors (Lipinski definition) is 2. The highest BCUT2D eigenvalue weighted by atomic mass is 32.1. The van der Waals surface area contributed by atoms with Gasteiger partial charge in [0.2, 0.25) is 5.91 Å². The van der Waals surface area contributed by atoms with E-state index in [0.29, 0.717) is 18.1 Å². The minimum Gasteiger partial charge on any atom is -0.352 e. The van der Waals surface area contributed by atoms with Gasteiger partial charge in [-0.2, -0.15) is 0 Å². The molecular formula is C32H29N5OS.